The van der Waals surface area contributed by atoms with Gasteiger partial charge in [-0.25, -0.2) is 4.79 Å². The number of fused-ring (bicyclic) bond motifs is 1. The molecule has 31 heavy (non-hydrogen) atoms. The van der Waals surface area contributed by atoms with Crippen LogP contribution >= 0.6 is 0 Å². The van der Waals surface area contributed by atoms with Crippen LogP contribution in [0.15, 0.2) is 48.7 Å². The number of amides is 4. The minimum absolute atomic E-state index is 0.0635. The minimum Gasteiger partial charge on any atom is -0.497 e. The van der Waals surface area contributed by atoms with E-state index < -0.39 is 6.03 Å². The summed E-state index contributed by atoms with van der Waals surface area (Å²) in [6.45, 7) is 0.580. The van der Waals surface area contributed by atoms with Gasteiger partial charge in [0.05, 0.1) is 31.8 Å². The Hall–Kier alpha value is -3.42. The molecule has 0 bridgehead atoms. The molecule has 1 aliphatic heterocycles. The fourth-order valence-corrected chi connectivity index (χ4v) is 4.29. The van der Waals surface area contributed by atoms with Crippen LogP contribution in [0.3, 0.4) is 0 Å². The van der Waals surface area contributed by atoms with Crippen LogP contribution in [0.2, 0.25) is 0 Å². The second kappa shape index (κ2) is 9.16. The van der Waals surface area contributed by atoms with Crippen molar-refractivity contribution in [3.63, 3.8) is 0 Å². The van der Waals surface area contributed by atoms with E-state index >= 15 is 0 Å². The summed E-state index contributed by atoms with van der Waals surface area (Å²) >= 11 is 0. The molecule has 2 aromatic rings. The average molecular weight is 422 g/mol. The third-order valence-corrected chi connectivity index (χ3v) is 6.03. The van der Waals surface area contributed by atoms with Crippen LogP contribution in [0.1, 0.15) is 30.5 Å². The third kappa shape index (κ3) is 4.68. The molecule has 1 saturated carbocycles. The molecular weight excluding hydrogens is 396 g/mol. The highest BCUT2D eigenvalue weighted by molar-refractivity contribution is 5.99. The predicted molar refractivity (Wildman–Crippen MR) is 113 cm³/mol. The molecule has 4 rings (SSSR count). The molecule has 3 atom stereocenters. The molecule has 8 nitrogen and oxygen atoms in total. The number of urea groups is 1. The maximum Gasteiger partial charge on any atom is 0.324 e. The molecule has 1 aliphatic carbocycles. The first-order chi connectivity index (χ1) is 15.0. The van der Waals surface area contributed by atoms with Gasteiger partial charge >= 0.3 is 6.03 Å². The van der Waals surface area contributed by atoms with Gasteiger partial charge in [-0.15, -0.1) is 0 Å². The number of imide groups is 1. The highest BCUT2D eigenvalue weighted by Gasteiger charge is 2.45. The number of benzene rings is 1. The fourth-order valence-electron chi connectivity index (χ4n) is 4.29. The van der Waals surface area contributed by atoms with Crippen LogP contribution in [0, 0.1) is 11.8 Å². The van der Waals surface area contributed by atoms with E-state index in [1.54, 1.807) is 25.4 Å². The SMILES string of the molecule is COc1ccc(CN2C(=O)NC3CC(C(=O)NCc4ccccn4)CCC3C2=O)cc1. The van der Waals surface area contributed by atoms with Gasteiger partial charge in [0.1, 0.15) is 5.75 Å². The number of nitrogens with zero attached hydrogens (tertiary/aromatic N) is 2. The van der Waals surface area contributed by atoms with Crippen LogP contribution in [0.25, 0.3) is 0 Å². The van der Waals surface area contributed by atoms with Gasteiger partial charge in [-0.05, 0) is 49.1 Å². The quantitative estimate of drug-likeness (QED) is 0.744. The molecule has 0 spiro atoms. The van der Waals surface area contributed by atoms with Crippen molar-refractivity contribution in [3.05, 3.63) is 59.9 Å². The van der Waals surface area contributed by atoms with Gasteiger partial charge in [-0.2, -0.15) is 0 Å². The number of carbonyl (C=O) groups is 3. The van der Waals surface area contributed by atoms with E-state index in [1.165, 1.54) is 4.90 Å². The number of carbonyl (C=O) groups excluding carboxylic acids is 3. The molecule has 1 aromatic carbocycles. The molecule has 2 fully saturated rings. The van der Waals surface area contributed by atoms with Crippen LogP contribution in [0.5, 0.6) is 5.75 Å². The number of hydrogen-bond donors (Lipinski definition) is 2. The molecule has 2 N–H and O–H groups in total. The van der Waals surface area contributed by atoms with Crippen molar-refractivity contribution < 1.29 is 19.1 Å². The Morgan fingerprint density at radius 3 is 2.71 bits per heavy atom. The van der Waals surface area contributed by atoms with Crippen LogP contribution in [0.4, 0.5) is 4.79 Å². The summed E-state index contributed by atoms with van der Waals surface area (Å²) in [6, 6.07) is 12.1. The Morgan fingerprint density at radius 1 is 1.19 bits per heavy atom. The average Bonchev–Trinajstić information content (AvgIpc) is 2.81. The van der Waals surface area contributed by atoms with Crippen molar-refractivity contribution >= 4 is 17.8 Å². The van der Waals surface area contributed by atoms with Crippen molar-refractivity contribution in [2.45, 2.75) is 38.4 Å². The lowest BCUT2D eigenvalue weighted by Crippen LogP contribution is -2.61. The summed E-state index contributed by atoms with van der Waals surface area (Å²) in [4.78, 5) is 43.7. The largest absolute Gasteiger partial charge is 0.497 e. The van der Waals surface area contributed by atoms with Crippen molar-refractivity contribution in [1.82, 2.24) is 20.5 Å². The Kier molecular flexibility index (Phi) is 6.16. The zero-order chi connectivity index (χ0) is 21.8. The van der Waals surface area contributed by atoms with Gasteiger partial charge < -0.3 is 15.4 Å². The van der Waals surface area contributed by atoms with Gasteiger partial charge in [0.2, 0.25) is 11.8 Å². The first kappa shape index (κ1) is 20.8. The number of ether oxygens (including phenoxy) is 1. The zero-order valence-electron chi connectivity index (χ0n) is 17.4. The monoisotopic (exact) mass is 422 g/mol. The molecule has 162 valence electrons. The van der Waals surface area contributed by atoms with E-state index in [4.69, 9.17) is 4.74 Å². The molecule has 1 saturated heterocycles. The Bertz CT molecular complexity index is 948. The van der Waals surface area contributed by atoms with Crippen molar-refractivity contribution in [2.24, 2.45) is 11.8 Å². The summed E-state index contributed by atoms with van der Waals surface area (Å²) in [5, 5.41) is 5.87. The number of methoxy groups -OCH3 is 1. The standard InChI is InChI=1S/C23H26N4O4/c1-31-18-8-5-15(6-9-18)14-27-22(29)19-10-7-16(12-20(19)26-23(27)30)21(28)25-13-17-4-2-3-11-24-17/h2-6,8-9,11,16,19-20H,7,10,12-14H2,1H3,(H,25,28)(H,26,30). The Morgan fingerprint density at radius 2 is 2.00 bits per heavy atom. The molecular formula is C23H26N4O4. The van der Waals surface area contributed by atoms with Gasteiger partial charge in [0, 0.05) is 18.2 Å². The molecule has 2 heterocycles. The number of nitrogens with one attached hydrogen (secondary N) is 2. The first-order valence-corrected chi connectivity index (χ1v) is 10.5. The number of rotatable bonds is 6. The van der Waals surface area contributed by atoms with Crippen molar-refractivity contribution in [1.29, 1.82) is 0 Å². The number of pyridine rings is 1. The fraction of sp³-hybridized carbons (Fsp3) is 0.391. The molecule has 4 amide bonds. The molecule has 2 aliphatic rings. The van der Waals surface area contributed by atoms with E-state index in [0.29, 0.717) is 25.8 Å². The Balaban J connectivity index is 1.35. The lowest BCUT2D eigenvalue weighted by atomic mass is 9.76. The second-order valence-corrected chi connectivity index (χ2v) is 7.98. The zero-order valence-corrected chi connectivity index (χ0v) is 17.4. The number of aromatic nitrogens is 1. The van der Waals surface area contributed by atoms with Gasteiger partial charge in [0.15, 0.2) is 0 Å². The molecule has 1 aromatic heterocycles. The normalized spacial score (nSPS) is 23.0. The van der Waals surface area contributed by atoms with Gasteiger partial charge in [-0.1, -0.05) is 18.2 Å². The summed E-state index contributed by atoms with van der Waals surface area (Å²) in [5.74, 6) is -0.0387. The van der Waals surface area contributed by atoms with E-state index in [0.717, 1.165) is 17.0 Å². The molecule has 8 heteroatoms. The Labute approximate surface area is 181 Å². The van der Waals surface area contributed by atoms with Gasteiger partial charge in [0.25, 0.3) is 0 Å². The minimum atomic E-state index is -0.406. The lowest BCUT2D eigenvalue weighted by molar-refractivity contribution is -0.139. The van der Waals surface area contributed by atoms with Crippen LogP contribution in [-0.2, 0) is 22.7 Å². The maximum atomic E-state index is 13.0. The van der Waals surface area contributed by atoms with E-state index in [2.05, 4.69) is 15.6 Å². The second-order valence-electron chi connectivity index (χ2n) is 7.98. The third-order valence-electron chi connectivity index (χ3n) is 6.03. The summed E-state index contributed by atoms with van der Waals surface area (Å²) in [5.41, 5.74) is 1.64. The smallest absolute Gasteiger partial charge is 0.324 e. The summed E-state index contributed by atoms with van der Waals surface area (Å²) in [7, 11) is 1.59. The maximum absolute atomic E-state index is 13.0. The lowest BCUT2D eigenvalue weighted by Gasteiger charge is -2.42. The van der Waals surface area contributed by atoms with Gasteiger partial charge in [-0.3, -0.25) is 19.5 Å². The molecule has 0 radical (unpaired) electrons. The van der Waals surface area contributed by atoms with Crippen molar-refractivity contribution in [3.8, 4) is 5.75 Å². The van der Waals surface area contributed by atoms with Crippen LogP contribution < -0.4 is 15.4 Å². The highest BCUT2D eigenvalue weighted by Crippen LogP contribution is 2.33. The summed E-state index contributed by atoms with van der Waals surface area (Å²) in [6.07, 6.45) is 3.35. The van der Waals surface area contributed by atoms with E-state index in [-0.39, 0.29) is 36.2 Å². The van der Waals surface area contributed by atoms with E-state index in [1.807, 2.05) is 30.3 Å². The molecule has 3 unspecified atom stereocenters. The predicted octanol–water partition coefficient (Wildman–Crippen LogP) is 2.24. The topological polar surface area (TPSA) is 101 Å². The van der Waals surface area contributed by atoms with Crippen LogP contribution in [-0.4, -0.2) is 40.9 Å². The summed E-state index contributed by atoms with van der Waals surface area (Å²) < 4.78 is 5.15. The number of hydrogen-bond acceptors (Lipinski definition) is 5. The first-order valence-electron chi connectivity index (χ1n) is 10.5. The van der Waals surface area contributed by atoms with E-state index in [9.17, 15) is 14.4 Å². The van der Waals surface area contributed by atoms with Crippen molar-refractivity contribution in [2.75, 3.05) is 7.11 Å². The highest BCUT2D eigenvalue weighted by atomic mass is 16.5.